The summed E-state index contributed by atoms with van der Waals surface area (Å²) in [6.45, 7) is 5.45. The molecule has 1 fully saturated rings. The van der Waals surface area contributed by atoms with Crippen LogP contribution >= 0.6 is 11.3 Å². The summed E-state index contributed by atoms with van der Waals surface area (Å²) in [7, 11) is 0. The topological polar surface area (TPSA) is 37.0 Å². The molecule has 2 heterocycles. The summed E-state index contributed by atoms with van der Waals surface area (Å²) in [6.07, 6.45) is 5.03. The molecular formula is C12H21N3S. The molecule has 1 aromatic rings. The number of aryl methyl sites for hydroxylation is 1. The van der Waals surface area contributed by atoms with E-state index in [1.54, 1.807) is 11.3 Å². The molecule has 0 spiro atoms. The first-order valence-corrected chi connectivity index (χ1v) is 7.07. The van der Waals surface area contributed by atoms with Crippen molar-refractivity contribution in [3.8, 4) is 0 Å². The molecule has 1 aliphatic rings. The maximum Gasteiger partial charge on any atom is 0.0940 e. The van der Waals surface area contributed by atoms with Gasteiger partial charge in [0.25, 0.3) is 0 Å². The Hall–Kier alpha value is -0.450. The van der Waals surface area contributed by atoms with Gasteiger partial charge >= 0.3 is 0 Å². The Morgan fingerprint density at radius 1 is 1.56 bits per heavy atom. The van der Waals surface area contributed by atoms with Crippen molar-refractivity contribution < 1.29 is 0 Å². The molecule has 90 valence electrons. The van der Waals surface area contributed by atoms with Crippen LogP contribution in [0.2, 0.25) is 0 Å². The molecular weight excluding hydrogens is 218 g/mol. The second-order valence-corrected chi connectivity index (χ2v) is 5.41. The number of rotatable bonds is 6. The highest BCUT2D eigenvalue weighted by Gasteiger charge is 2.12. The number of nitrogens with one attached hydrogen (secondary N) is 2. The van der Waals surface area contributed by atoms with Gasteiger partial charge in [-0.3, -0.25) is 0 Å². The van der Waals surface area contributed by atoms with Crippen molar-refractivity contribution in [1.82, 2.24) is 15.6 Å². The summed E-state index contributed by atoms with van der Waals surface area (Å²) in [5.41, 5.74) is 1.15. The summed E-state index contributed by atoms with van der Waals surface area (Å²) < 4.78 is 0. The van der Waals surface area contributed by atoms with Crippen LogP contribution in [-0.4, -0.2) is 30.7 Å². The molecule has 0 saturated carbocycles. The van der Waals surface area contributed by atoms with Gasteiger partial charge in [-0.1, -0.05) is 0 Å². The lowest BCUT2D eigenvalue weighted by atomic mass is 10.1. The first-order valence-electron chi connectivity index (χ1n) is 6.20. The molecule has 3 nitrogen and oxygen atoms in total. The largest absolute Gasteiger partial charge is 0.316 e. The zero-order valence-electron chi connectivity index (χ0n) is 9.96. The van der Waals surface area contributed by atoms with E-state index < -0.39 is 0 Å². The Kier molecular flexibility index (Phi) is 4.75. The third kappa shape index (κ3) is 3.85. The molecule has 1 aliphatic heterocycles. The van der Waals surface area contributed by atoms with E-state index in [4.69, 9.17) is 0 Å². The molecule has 0 aliphatic carbocycles. The second kappa shape index (κ2) is 6.33. The first-order chi connectivity index (χ1) is 7.84. The summed E-state index contributed by atoms with van der Waals surface area (Å²) >= 11 is 1.77. The fourth-order valence-electron chi connectivity index (χ4n) is 2.12. The monoisotopic (exact) mass is 239 g/mol. The third-order valence-corrected chi connectivity index (χ3v) is 4.04. The molecule has 0 amide bonds. The highest BCUT2D eigenvalue weighted by Crippen LogP contribution is 2.09. The van der Waals surface area contributed by atoms with Crippen LogP contribution < -0.4 is 10.6 Å². The van der Waals surface area contributed by atoms with Crippen LogP contribution in [-0.2, 0) is 6.42 Å². The van der Waals surface area contributed by atoms with Gasteiger partial charge in [0.1, 0.15) is 0 Å². The van der Waals surface area contributed by atoms with E-state index in [0.29, 0.717) is 0 Å². The minimum absolute atomic E-state index is 0.759. The van der Waals surface area contributed by atoms with Gasteiger partial charge < -0.3 is 10.6 Å². The van der Waals surface area contributed by atoms with E-state index in [9.17, 15) is 0 Å². The predicted molar refractivity (Wildman–Crippen MR) is 69.1 cm³/mol. The van der Waals surface area contributed by atoms with Crippen molar-refractivity contribution in [2.24, 2.45) is 0 Å². The molecule has 1 atom stereocenters. The minimum Gasteiger partial charge on any atom is -0.316 e. The molecule has 0 aromatic carbocycles. The molecule has 1 aromatic heterocycles. The van der Waals surface area contributed by atoms with Gasteiger partial charge in [0.2, 0.25) is 0 Å². The number of hydrogen-bond donors (Lipinski definition) is 2. The summed E-state index contributed by atoms with van der Waals surface area (Å²) in [6, 6.07) is 0.759. The summed E-state index contributed by atoms with van der Waals surface area (Å²) in [5.74, 6) is 0. The van der Waals surface area contributed by atoms with Gasteiger partial charge in [-0.05, 0) is 39.3 Å². The lowest BCUT2D eigenvalue weighted by Gasteiger charge is -2.10. The lowest BCUT2D eigenvalue weighted by molar-refractivity contribution is 0.525. The molecule has 16 heavy (non-hydrogen) atoms. The average Bonchev–Trinajstić information content (AvgIpc) is 2.89. The van der Waals surface area contributed by atoms with E-state index in [2.05, 4.69) is 27.9 Å². The van der Waals surface area contributed by atoms with Gasteiger partial charge in [0.05, 0.1) is 5.01 Å². The SMILES string of the molecule is Cc1csc(CCNCCC2CCCN2)n1. The maximum absolute atomic E-state index is 4.45. The van der Waals surface area contributed by atoms with Crippen molar-refractivity contribution in [2.75, 3.05) is 19.6 Å². The summed E-state index contributed by atoms with van der Waals surface area (Å²) in [5, 5.41) is 10.4. The van der Waals surface area contributed by atoms with Crippen molar-refractivity contribution in [2.45, 2.75) is 38.6 Å². The normalized spacial score (nSPS) is 20.4. The van der Waals surface area contributed by atoms with Gasteiger partial charge in [0.15, 0.2) is 0 Å². The number of hydrogen-bond acceptors (Lipinski definition) is 4. The van der Waals surface area contributed by atoms with Crippen molar-refractivity contribution in [1.29, 1.82) is 0 Å². The fraction of sp³-hybridized carbons (Fsp3) is 0.750. The zero-order chi connectivity index (χ0) is 11.2. The predicted octanol–water partition coefficient (Wildman–Crippen LogP) is 1.73. The van der Waals surface area contributed by atoms with E-state index in [-0.39, 0.29) is 0 Å². The molecule has 0 bridgehead atoms. The number of aromatic nitrogens is 1. The Morgan fingerprint density at radius 2 is 2.50 bits per heavy atom. The molecule has 1 saturated heterocycles. The lowest BCUT2D eigenvalue weighted by Crippen LogP contribution is -2.28. The van der Waals surface area contributed by atoms with Crippen LogP contribution in [0.25, 0.3) is 0 Å². The minimum atomic E-state index is 0.759. The maximum atomic E-state index is 4.45. The zero-order valence-corrected chi connectivity index (χ0v) is 10.8. The van der Waals surface area contributed by atoms with Crippen LogP contribution in [0, 0.1) is 6.92 Å². The number of thiazole rings is 1. The van der Waals surface area contributed by atoms with E-state index >= 15 is 0 Å². The molecule has 4 heteroatoms. The molecule has 2 rings (SSSR count). The highest BCUT2D eigenvalue weighted by molar-refractivity contribution is 7.09. The quantitative estimate of drug-likeness (QED) is 0.742. The Bertz CT molecular complexity index is 305. The van der Waals surface area contributed by atoms with E-state index in [0.717, 1.165) is 31.2 Å². The van der Waals surface area contributed by atoms with E-state index in [1.807, 2.05) is 0 Å². The first kappa shape index (κ1) is 12.0. The summed E-state index contributed by atoms with van der Waals surface area (Å²) in [4.78, 5) is 4.45. The van der Waals surface area contributed by atoms with Gasteiger partial charge in [-0.2, -0.15) is 0 Å². The fourth-order valence-corrected chi connectivity index (χ4v) is 2.89. The molecule has 2 N–H and O–H groups in total. The number of nitrogens with zero attached hydrogens (tertiary/aromatic N) is 1. The molecule has 1 unspecified atom stereocenters. The van der Waals surface area contributed by atoms with Gasteiger partial charge in [-0.15, -0.1) is 11.3 Å². The van der Waals surface area contributed by atoms with E-state index in [1.165, 1.54) is 30.8 Å². The van der Waals surface area contributed by atoms with Gasteiger partial charge in [-0.25, -0.2) is 4.98 Å². The van der Waals surface area contributed by atoms with Crippen molar-refractivity contribution in [3.63, 3.8) is 0 Å². The van der Waals surface area contributed by atoms with Crippen LogP contribution in [0.4, 0.5) is 0 Å². The van der Waals surface area contributed by atoms with Crippen LogP contribution in [0.1, 0.15) is 30.0 Å². The van der Waals surface area contributed by atoms with Gasteiger partial charge in [0, 0.05) is 30.1 Å². The Morgan fingerprint density at radius 3 is 3.19 bits per heavy atom. The Labute approximate surface area is 102 Å². The smallest absolute Gasteiger partial charge is 0.0940 e. The average molecular weight is 239 g/mol. The highest BCUT2D eigenvalue weighted by atomic mass is 32.1. The Balaban J connectivity index is 1.51. The van der Waals surface area contributed by atoms with Crippen molar-refractivity contribution in [3.05, 3.63) is 16.1 Å². The van der Waals surface area contributed by atoms with Crippen LogP contribution in [0.3, 0.4) is 0 Å². The van der Waals surface area contributed by atoms with Crippen LogP contribution in [0.5, 0.6) is 0 Å². The molecule has 0 radical (unpaired) electrons. The van der Waals surface area contributed by atoms with Crippen LogP contribution in [0.15, 0.2) is 5.38 Å². The van der Waals surface area contributed by atoms with Crippen molar-refractivity contribution >= 4 is 11.3 Å². The third-order valence-electron chi connectivity index (χ3n) is 3.01. The standard InChI is InChI=1S/C12H21N3S/c1-10-9-16-12(15-10)5-8-13-7-4-11-3-2-6-14-11/h9,11,13-14H,2-8H2,1H3. The second-order valence-electron chi connectivity index (χ2n) is 4.46.